The second kappa shape index (κ2) is 5.30. The van der Waals surface area contributed by atoms with Gasteiger partial charge < -0.3 is 20.8 Å². The number of carbonyl (C=O) groups is 2. The normalized spacial score (nSPS) is 13.8. The molecule has 8 heteroatoms. The van der Waals surface area contributed by atoms with Crippen molar-refractivity contribution >= 4 is 17.7 Å². The van der Waals surface area contributed by atoms with Crippen LogP contribution in [0.1, 0.15) is 6.92 Å². The highest BCUT2D eigenvalue weighted by Crippen LogP contribution is 2.03. The second-order valence-electron chi connectivity index (χ2n) is 3.56. The van der Waals surface area contributed by atoms with Crippen molar-refractivity contribution < 1.29 is 19.8 Å². The number of nitrogens with one attached hydrogen (secondary N) is 2. The Morgan fingerprint density at radius 2 is 2.18 bits per heavy atom. The Hall–Kier alpha value is -2.09. The zero-order valence-corrected chi connectivity index (χ0v) is 9.41. The summed E-state index contributed by atoms with van der Waals surface area (Å²) < 4.78 is 1.49. The third kappa shape index (κ3) is 3.76. The van der Waals surface area contributed by atoms with Gasteiger partial charge in [0.25, 0.3) is 0 Å². The van der Waals surface area contributed by atoms with Crippen LogP contribution in [0.15, 0.2) is 12.4 Å². The van der Waals surface area contributed by atoms with E-state index >= 15 is 0 Å². The molecule has 8 nitrogen and oxygen atoms in total. The van der Waals surface area contributed by atoms with E-state index in [4.69, 9.17) is 10.2 Å². The SMILES string of the molecule is C[C@@H](O)[C@H](NC(=O)Nc1cnn(C)c1)C(=O)O. The van der Waals surface area contributed by atoms with Crippen molar-refractivity contribution in [1.82, 2.24) is 15.1 Å². The molecule has 0 spiro atoms. The van der Waals surface area contributed by atoms with Crippen molar-refractivity contribution in [2.75, 3.05) is 5.32 Å². The number of urea groups is 1. The molecule has 0 saturated heterocycles. The average molecular weight is 242 g/mol. The minimum atomic E-state index is -1.35. The molecule has 1 aromatic rings. The van der Waals surface area contributed by atoms with Crippen LogP contribution in [0.5, 0.6) is 0 Å². The van der Waals surface area contributed by atoms with E-state index in [1.54, 1.807) is 13.2 Å². The molecule has 0 radical (unpaired) electrons. The molecular weight excluding hydrogens is 228 g/mol. The van der Waals surface area contributed by atoms with E-state index in [0.717, 1.165) is 0 Å². The minimum absolute atomic E-state index is 0.430. The van der Waals surface area contributed by atoms with E-state index < -0.39 is 24.1 Å². The van der Waals surface area contributed by atoms with Crippen LogP contribution in [-0.2, 0) is 11.8 Å². The first-order chi connectivity index (χ1) is 7.90. The average Bonchev–Trinajstić information content (AvgIpc) is 2.59. The van der Waals surface area contributed by atoms with Crippen LogP contribution >= 0.6 is 0 Å². The van der Waals surface area contributed by atoms with Gasteiger partial charge in [0.15, 0.2) is 6.04 Å². The van der Waals surface area contributed by atoms with Gasteiger partial charge in [-0.25, -0.2) is 9.59 Å². The Bertz CT molecular complexity index is 415. The molecule has 17 heavy (non-hydrogen) atoms. The number of carbonyl (C=O) groups excluding carboxylic acids is 1. The van der Waals surface area contributed by atoms with E-state index in [1.807, 2.05) is 0 Å². The van der Waals surface area contributed by atoms with Gasteiger partial charge >= 0.3 is 12.0 Å². The highest BCUT2D eigenvalue weighted by Gasteiger charge is 2.24. The summed E-state index contributed by atoms with van der Waals surface area (Å²) in [6.07, 6.45) is 1.78. The molecule has 0 bridgehead atoms. The summed E-state index contributed by atoms with van der Waals surface area (Å²) in [5, 5.41) is 26.3. The number of amides is 2. The number of aromatic nitrogens is 2. The molecule has 94 valence electrons. The number of aryl methyl sites for hydroxylation is 1. The summed E-state index contributed by atoms with van der Waals surface area (Å²) in [4.78, 5) is 22.1. The molecule has 0 fully saturated rings. The number of hydrogen-bond donors (Lipinski definition) is 4. The molecular formula is C9H14N4O4. The summed E-state index contributed by atoms with van der Waals surface area (Å²) in [7, 11) is 1.68. The zero-order chi connectivity index (χ0) is 13.0. The fourth-order valence-electron chi connectivity index (χ4n) is 1.18. The number of carboxylic acid groups (broad SMARTS) is 1. The van der Waals surface area contributed by atoms with Gasteiger partial charge in [-0.15, -0.1) is 0 Å². The highest BCUT2D eigenvalue weighted by atomic mass is 16.4. The predicted octanol–water partition coefficient (Wildman–Crippen LogP) is -0.624. The molecule has 4 N–H and O–H groups in total. The van der Waals surface area contributed by atoms with Crippen LogP contribution in [-0.4, -0.2) is 44.1 Å². The summed E-state index contributed by atoms with van der Waals surface area (Å²) in [6, 6.07) is -2.07. The number of rotatable bonds is 4. The third-order valence-corrected chi connectivity index (χ3v) is 2.00. The zero-order valence-electron chi connectivity index (χ0n) is 9.41. The first kappa shape index (κ1) is 13.0. The van der Waals surface area contributed by atoms with Gasteiger partial charge in [0.05, 0.1) is 18.0 Å². The lowest BCUT2D eigenvalue weighted by molar-refractivity contribution is -0.141. The lowest BCUT2D eigenvalue weighted by Gasteiger charge is -2.16. The Kier molecular flexibility index (Phi) is 4.05. The maximum absolute atomic E-state index is 11.4. The van der Waals surface area contributed by atoms with Crippen LogP contribution in [0.25, 0.3) is 0 Å². The Morgan fingerprint density at radius 1 is 1.53 bits per heavy atom. The Labute approximate surface area is 97.2 Å². The molecule has 1 aromatic heterocycles. The molecule has 0 aliphatic rings. The van der Waals surface area contributed by atoms with Crippen molar-refractivity contribution in [3.8, 4) is 0 Å². The molecule has 0 aliphatic carbocycles. The fourth-order valence-corrected chi connectivity index (χ4v) is 1.18. The number of hydrogen-bond acceptors (Lipinski definition) is 4. The van der Waals surface area contributed by atoms with Gasteiger partial charge in [-0.05, 0) is 6.92 Å². The monoisotopic (exact) mass is 242 g/mol. The van der Waals surface area contributed by atoms with Crippen molar-refractivity contribution in [2.45, 2.75) is 19.1 Å². The molecule has 0 aromatic carbocycles. The maximum Gasteiger partial charge on any atom is 0.328 e. The van der Waals surface area contributed by atoms with Crippen LogP contribution in [0.2, 0.25) is 0 Å². The van der Waals surface area contributed by atoms with Crippen LogP contribution in [0.4, 0.5) is 10.5 Å². The number of aliphatic carboxylic acids is 1. The topological polar surface area (TPSA) is 116 Å². The van der Waals surface area contributed by atoms with E-state index in [-0.39, 0.29) is 0 Å². The Morgan fingerprint density at radius 3 is 2.59 bits per heavy atom. The van der Waals surface area contributed by atoms with E-state index in [1.165, 1.54) is 17.8 Å². The number of aliphatic hydroxyl groups excluding tert-OH is 1. The third-order valence-electron chi connectivity index (χ3n) is 2.00. The van der Waals surface area contributed by atoms with Gasteiger partial charge in [0.2, 0.25) is 0 Å². The second-order valence-corrected chi connectivity index (χ2v) is 3.56. The minimum Gasteiger partial charge on any atom is -0.480 e. The molecule has 2 atom stereocenters. The van der Waals surface area contributed by atoms with Crippen molar-refractivity contribution in [3.63, 3.8) is 0 Å². The smallest absolute Gasteiger partial charge is 0.328 e. The predicted molar refractivity (Wildman–Crippen MR) is 58.5 cm³/mol. The van der Waals surface area contributed by atoms with Crippen molar-refractivity contribution in [3.05, 3.63) is 12.4 Å². The van der Waals surface area contributed by atoms with Gasteiger partial charge in [-0.1, -0.05) is 0 Å². The quantitative estimate of drug-likeness (QED) is 0.561. The van der Waals surface area contributed by atoms with Crippen LogP contribution in [0, 0.1) is 0 Å². The van der Waals surface area contributed by atoms with Gasteiger partial charge in [-0.3, -0.25) is 4.68 Å². The van der Waals surface area contributed by atoms with E-state index in [0.29, 0.717) is 5.69 Å². The van der Waals surface area contributed by atoms with Crippen molar-refractivity contribution in [2.24, 2.45) is 7.05 Å². The van der Waals surface area contributed by atoms with E-state index in [9.17, 15) is 9.59 Å². The molecule has 1 heterocycles. The van der Waals surface area contributed by atoms with Gasteiger partial charge in [0, 0.05) is 13.2 Å². The molecule has 0 saturated carbocycles. The van der Waals surface area contributed by atoms with Gasteiger partial charge in [0.1, 0.15) is 0 Å². The lowest BCUT2D eigenvalue weighted by atomic mass is 10.2. The summed E-state index contributed by atoms with van der Waals surface area (Å²) >= 11 is 0. The standard InChI is InChI=1S/C9H14N4O4/c1-5(14)7(8(15)16)12-9(17)11-6-3-10-13(2)4-6/h3-5,7,14H,1-2H3,(H,15,16)(H2,11,12,17)/t5-,7+/m1/s1. The van der Waals surface area contributed by atoms with Gasteiger partial charge in [-0.2, -0.15) is 5.10 Å². The number of aliphatic hydroxyl groups is 1. The number of carboxylic acids is 1. The van der Waals surface area contributed by atoms with E-state index in [2.05, 4.69) is 15.7 Å². The molecule has 0 aliphatic heterocycles. The van der Waals surface area contributed by atoms with Crippen molar-refractivity contribution in [1.29, 1.82) is 0 Å². The van der Waals surface area contributed by atoms with Crippen LogP contribution < -0.4 is 10.6 Å². The lowest BCUT2D eigenvalue weighted by Crippen LogP contribution is -2.49. The highest BCUT2D eigenvalue weighted by molar-refractivity contribution is 5.92. The molecule has 1 rings (SSSR count). The number of nitrogens with zero attached hydrogens (tertiary/aromatic N) is 2. The van der Waals surface area contributed by atoms with Crippen LogP contribution in [0.3, 0.4) is 0 Å². The largest absolute Gasteiger partial charge is 0.480 e. The summed E-state index contributed by atoms with van der Waals surface area (Å²) in [5.41, 5.74) is 0.430. The Balaban J connectivity index is 2.56. The maximum atomic E-state index is 11.4. The first-order valence-electron chi connectivity index (χ1n) is 4.87. The summed E-state index contributed by atoms with van der Waals surface area (Å²) in [5.74, 6) is -1.30. The first-order valence-corrected chi connectivity index (χ1v) is 4.87. The summed E-state index contributed by atoms with van der Waals surface area (Å²) in [6.45, 7) is 1.28. The number of anilines is 1. The fraction of sp³-hybridized carbons (Fsp3) is 0.444. The molecule has 0 unspecified atom stereocenters. The molecule has 2 amide bonds.